The van der Waals surface area contributed by atoms with Crippen molar-refractivity contribution in [1.82, 2.24) is 5.48 Å². The fourth-order valence-electron chi connectivity index (χ4n) is 3.71. The zero-order chi connectivity index (χ0) is 15.7. The second-order valence-electron chi connectivity index (χ2n) is 6.95. The molecule has 1 aliphatic heterocycles. The molecule has 0 unspecified atom stereocenters. The Kier molecular flexibility index (Phi) is 3.93. The highest BCUT2D eigenvalue weighted by atomic mass is 16.7. The minimum atomic E-state index is 0.0547. The summed E-state index contributed by atoms with van der Waals surface area (Å²) in [4.78, 5) is 5.91. The van der Waals surface area contributed by atoms with Gasteiger partial charge in [-0.3, -0.25) is 10.3 Å². The summed E-state index contributed by atoms with van der Waals surface area (Å²) in [6.45, 7) is 0. The summed E-state index contributed by atoms with van der Waals surface area (Å²) in [7, 11) is 1.69. The molecule has 4 rings (SSSR count). The molecule has 4 nitrogen and oxygen atoms in total. The molecule has 1 aromatic rings. The molecule has 0 atom stereocenters. The second kappa shape index (κ2) is 6.08. The quantitative estimate of drug-likeness (QED) is 0.903. The van der Waals surface area contributed by atoms with E-state index in [2.05, 4.69) is 23.7 Å². The Balaban J connectivity index is 1.54. The van der Waals surface area contributed by atoms with Gasteiger partial charge in [0.25, 0.3) is 0 Å². The van der Waals surface area contributed by atoms with Crippen molar-refractivity contribution in [1.29, 1.82) is 0 Å². The Bertz CT molecular complexity index is 601. The van der Waals surface area contributed by atoms with Crippen molar-refractivity contribution in [3.8, 4) is 11.5 Å². The smallest absolute Gasteiger partial charge is 0.162 e. The normalized spacial score (nSPS) is 23.1. The third kappa shape index (κ3) is 2.92. The van der Waals surface area contributed by atoms with E-state index in [1.54, 1.807) is 7.11 Å². The van der Waals surface area contributed by atoms with Gasteiger partial charge in [0, 0.05) is 5.56 Å². The van der Waals surface area contributed by atoms with E-state index in [1.165, 1.54) is 19.3 Å². The molecule has 0 radical (unpaired) electrons. The van der Waals surface area contributed by atoms with Gasteiger partial charge in [0.15, 0.2) is 11.5 Å². The Morgan fingerprint density at radius 2 is 1.96 bits per heavy atom. The molecule has 2 aliphatic carbocycles. The number of hydroxylamine groups is 1. The van der Waals surface area contributed by atoms with Crippen LogP contribution in [0.2, 0.25) is 0 Å². The van der Waals surface area contributed by atoms with E-state index in [0.717, 1.165) is 54.9 Å². The molecule has 1 aromatic carbocycles. The SMILES string of the molecule is COc1ccc(C2=CCC3(CCC3)ON2)cc1OC1CCCC1. The van der Waals surface area contributed by atoms with Crippen LogP contribution in [0.1, 0.15) is 56.9 Å². The van der Waals surface area contributed by atoms with Gasteiger partial charge >= 0.3 is 0 Å². The predicted octanol–water partition coefficient (Wildman–Crippen LogP) is 4.21. The van der Waals surface area contributed by atoms with Gasteiger partial charge < -0.3 is 9.47 Å². The molecule has 0 amide bonds. The number of hydrogen-bond acceptors (Lipinski definition) is 4. The van der Waals surface area contributed by atoms with Crippen molar-refractivity contribution in [3.63, 3.8) is 0 Å². The van der Waals surface area contributed by atoms with E-state index in [0.29, 0.717) is 6.10 Å². The zero-order valence-corrected chi connectivity index (χ0v) is 13.8. The highest BCUT2D eigenvalue weighted by molar-refractivity contribution is 5.66. The Labute approximate surface area is 137 Å². The summed E-state index contributed by atoms with van der Waals surface area (Å²) in [5.41, 5.74) is 5.33. The molecule has 0 saturated heterocycles. The van der Waals surface area contributed by atoms with Crippen molar-refractivity contribution in [2.75, 3.05) is 7.11 Å². The van der Waals surface area contributed by atoms with Crippen LogP contribution in [0.15, 0.2) is 24.3 Å². The first-order valence-corrected chi connectivity index (χ1v) is 8.77. The highest BCUT2D eigenvalue weighted by Crippen LogP contribution is 2.42. The number of benzene rings is 1. The Morgan fingerprint density at radius 3 is 2.57 bits per heavy atom. The van der Waals surface area contributed by atoms with Crippen molar-refractivity contribution in [2.24, 2.45) is 0 Å². The Morgan fingerprint density at radius 1 is 1.13 bits per heavy atom. The van der Waals surface area contributed by atoms with Gasteiger partial charge in [0.2, 0.25) is 0 Å². The van der Waals surface area contributed by atoms with Crippen LogP contribution in [0.4, 0.5) is 0 Å². The average molecular weight is 315 g/mol. The lowest BCUT2D eigenvalue weighted by Gasteiger charge is -2.43. The van der Waals surface area contributed by atoms with Gasteiger partial charge in [-0.25, -0.2) is 0 Å². The number of methoxy groups -OCH3 is 1. The first-order valence-electron chi connectivity index (χ1n) is 8.77. The molecule has 1 N–H and O–H groups in total. The highest BCUT2D eigenvalue weighted by Gasteiger charge is 2.40. The number of rotatable bonds is 4. The molecule has 23 heavy (non-hydrogen) atoms. The van der Waals surface area contributed by atoms with E-state index in [1.807, 2.05) is 6.07 Å². The van der Waals surface area contributed by atoms with Crippen molar-refractivity contribution in [3.05, 3.63) is 29.8 Å². The van der Waals surface area contributed by atoms with Crippen LogP contribution in [-0.4, -0.2) is 18.8 Å². The van der Waals surface area contributed by atoms with Crippen LogP contribution in [0, 0.1) is 0 Å². The molecule has 0 aromatic heterocycles. The van der Waals surface area contributed by atoms with Gasteiger partial charge in [-0.05, 0) is 69.6 Å². The molecule has 2 fully saturated rings. The lowest BCUT2D eigenvalue weighted by Crippen LogP contribution is -2.45. The van der Waals surface area contributed by atoms with Crippen LogP contribution in [0.3, 0.4) is 0 Å². The van der Waals surface area contributed by atoms with Gasteiger partial charge in [-0.15, -0.1) is 0 Å². The standard InChI is InChI=1S/C19H25NO3/c1-21-17-8-7-14(13-18(17)22-15-5-2-3-6-15)16-9-12-19(23-20-16)10-4-11-19/h7-9,13,15,20H,2-6,10-12H2,1H3. The number of nitrogens with one attached hydrogen (secondary N) is 1. The fraction of sp³-hybridized carbons (Fsp3) is 0.579. The van der Waals surface area contributed by atoms with E-state index >= 15 is 0 Å². The zero-order valence-electron chi connectivity index (χ0n) is 13.8. The fourth-order valence-corrected chi connectivity index (χ4v) is 3.71. The molecule has 124 valence electrons. The van der Waals surface area contributed by atoms with E-state index in [4.69, 9.17) is 14.3 Å². The molecule has 1 heterocycles. The first kappa shape index (κ1) is 14.9. The summed E-state index contributed by atoms with van der Waals surface area (Å²) in [6.07, 6.45) is 11.9. The largest absolute Gasteiger partial charge is 0.493 e. The molecular formula is C19H25NO3. The van der Waals surface area contributed by atoms with Crippen LogP contribution < -0.4 is 15.0 Å². The lowest BCUT2D eigenvalue weighted by molar-refractivity contribution is -0.137. The lowest BCUT2D eigenvalue weighted by atomic mass is 9.77. The minimum absolute atomic E-state index is 0.0547. The van der Waals surface area contributed by atoms with Crippen LogP contribution >= 0.6 is 0 Å². The molecule has 4 heteroatoms. The molecule has 1 spiro atoms. The molecule has 3 aliphatic rings. The van der Waals surface area contributed by atoms with Gasteiger partial charge in [-0.2, -0.15) is 0 Å². The maximum Gasteiger partial charge on any atom is 0.162 e. The summed E-state index contributed by atoms with van der Waals surface area (Å²) >= 11 is 0. The predicted molar refractivity (Wildman–Crippen MR) is 89.3 cm³/mol. The first-order chi connectivity index (χ1) is 11.3. The van der Waals surface area contributed by atoms with Crippen LogP contribution in [0.25, 0.3) is 5.70 Å². The maximum absolute atomic E-state index is 6.18. The third-order valence-electron chi connectivity index (χ3n) is 5.39. The summed E-state index contributed by atoms with van der Waals surface area (Å²) in [6, 6.07) is 6.11. The third-order valence-corrected chi connectivity index (χ3v) is 5.39. The molecule has 0 bridgehead atoms. The van der Waals surface area contributed by atoms with Gasteiger partial charge in [0.1, 0.15) is 0 Å². The second-order valence-corrected chi connectivity index (χ2v) is 6.95. The van der Waals surface area contributed by atoms with Crippen molar-refractivity contribution >= 4 is 5.70 Å². The summed E-state index contributed by atoms with van der Waals surface area (Å²) < 4.78 is 11.6. The van der Waals surface area contributed by atoms with Gasteiger partial charge in [0.05, 0.1) is 24.5 Å². The minimum Gasteiger partial charge on any atom is -0.493 e. The number of hydrogen-bond donors (Lipinski definition) is 1. The average Bonchev–Trinajstić information content (AvgIpc) is 3.06. The molecule has 2 saturated carbocycles. The summed E-state index contributed by atoms with van der Waals surface area (Å²) in [5.74, 6) is 1.64. The monoisotopic (exact) mass is 315 g/mol. The number of ether oxygens (including phenoxy) is 2. The van der Waals surface area contributed by atoms with Crippen LogP contribution in [0.5, 0.6) is 11.5 Å². The molecular weight excluding hydrogens is 290 g/mol. The van der Waals surface area contributed by atoms with Crippen LogP contribution in [-0.2, 0) is 4.84 Å². The van der Waals surface area contributed by atoms with E-state index in [-0.39, 0.29) is 5.60 Å². The topological polar surface area (TPSA) is 39.7 Å². The van der Waals surface area contributed by atoms with Crippen molar-refractivity contribution in [2.45, 2.75) is 63.1 Å². The Hall–Kier alpha value is -1.68. The van der Waals surface area contributed by atoms with Gasteiger partial charge in [-0.1, -0.05) is 6.08 Å². The summed E-state index contributed by atoms with van der Waals surface area (Å²) in [5, 5.41) is 0. The van der Waals surface area contributed by atoms with E-state index in [9.17, 15) is 0 Å². The van der Waals surface area contributed by atoms with E-state index < -0.39 is 0 Å². The maximum atomic E-state index is 6.18. The van der Waals surface area contributed by atoms with Crippen molar-refractivity contribution < 1.29 is 14.3 Å².